The highest BCUT2D eigenvalue weighted by Crippen LogP contribution is 2.24. The summed E-state index contributed by atoms with van der Waals surface area (Å²) in [5, 5.41) is 4.39. The Bertz CT molecular complexity index is 625. The second-order valence-corrected chi connectivity index (χ2v) is 4.96. The first-order valence-electron chi connectivity index (χ1n) is 6.34. The summed E-state index contributed by atoms with van der Waals surface area (Å²) in [7, 11) is 0. The molecule has 0 spiro atoms. The van der Waals surface area contributed by atoms with E-state index in [1.54, 1.807) is 6.20 Å². The number of fused-ring (bicyclic) bond motifs is 1. The number of hydrogen-bond acceptors (Lipinski definition) is 2. The molecule has 18 heavy (non-hydrogen) atoms. The van der Waals surface area contributed by atoms with Crippen LogP contribution in [0, 0.1) is 13.8 Å². The summed E-state index contributed by atoms with van der Waals surface area (Å²) in [5.41, 5.74) is 5.44. The maximum Gasteiger partial charge on any atom is 0.166 e. The third-order valence-corrected chi connectivity index (χ3v) is 3.72. The van der Waals surface area contributed by atoms with Gasteiger partial charge in [0.25, 0.3) is 0 Å². The summed E-state index contributed by atoms with van der Waals surface area (Å²) in [4.78, 5) is 11.8. The summed E-state index contributed by atoms with van der Waals surface area (Å²) >= 11 is 0. The van der Waals surface area contributed by atoms with Crippen molar-refractivity contribution in [2.24, 2.45) is 0 Å². The zero-order valence-corrected chi connectivity index (χ0v) is 10.7. The third kappa shape index (κ3) is 1.67. The SMILES string of the molecule is Cc1ccc(-n2ncc3c2CCCC3=O)cc1C. The van der Waals surface area contributed by atoms with Crippen LogP contribution >= 0.6 is 0 Å². The fraction of sp³-hybridized carbons (Fsp3) is 0.333. The van der Waals surface area contributed by atoms with Gasteiger partial charge < -0.3 is 0 Å². The molecule has 1 heterocycles. The van der Waals surface area contributed by atoms with Gasteiger partial charge in [0.15, 0.2) is 5.78 Å². The first-order valence-corrected chi connectivity index (χ1v) is 6.34. The lowest BCUT2D eigenvalue weighted by atomic mass is 9.97. The van der Waals surface area contributed by atoms with Gasteiger partial charge in [0.1, 0.15) is 0 Å². The Morgan fingerprint density at radius 2 is 2.00 bits per heavy atom. The Balaban J connectivity index is 2.12. The zero-order chi connectivity index (χ0) is 12.7. The van der Waals surface area contributed by atoms with Crippen LogP contribution in [-0.4, -0.2) is 15.6 Å². The van der Waals surface area contributed by atoms with Crippen molar-refractivity contribution in [3.05, 3.63) is 46.8 Å². The summed E-state index contributed by atoms with van der Waals surface area (Å²) in [6.45, 7) is 4.20. The molecule has 0 fully saturated rings. The van der Waals surface area contributed by atoms with Crippen LogP contribution in [0.5, 0.6) is 0 Å². The minimum Gasteiger partial charge on any atom is -0.294 e. The molecule has 3 rings (SSSR count). The number of ketones is 1. The molecule has 0 amide bonds. The lowest BCUT2D eigenvalue weighted by Gasteiger charge is -2.14. The molecule has 0 unspecified atom stereocenters. The molecule has 0 aliphatic heterocycles. The van der Waals surface area contributed by atoms with Gasteiger partial charge >= 0.3 is 0 Å². The number of nitrogens with zero attached hydrogens (tertiary/aromatic N) is 2. The molecule has 1 aromatic carbocycles. The van der Waals surface area contributed by atoms with E-state index in [2.05, 4.69) is 37.1 Å². The fourth-order valence-corrected chi connectivity index (χ4v) is 2.48. The molecule has 0 saturated carbocycles. The van der Waals surface area contributed by atoms with Gasteiger partial charge in [-0.1, -0.05) is 6.07 Å². The number of carbonyl (C=O) groups excluding carboxylic acids is 1. The highest BCUT2D eigenvalue weighted by atomic mass is 16.1. The van der Waals surface area contributed by atoms with Crippen LogP contribution in [-0.2, 0) is 6.42 Å². The van der Waals surface area contributed by atoms with Crippen LogP contribution in [0.4, 0.5) is 0 Å². The average molecular weight is 240 g/mol. The van der Waals surface area contributed by atoms with Crippen LogP contribution in [0.2, 0.25) is 0 Å². The number of hydrogen-bond donors (Lipinski definition) is 0. The predicted molar refractivity (Wildman–Crippen MR) is 70.3 cm³/mol. The summed E-state index contributed by atoms with van der Waals surface area (Å²) in [6.07, 6.45) is 4.24. The Morgan fingerprint density at radius 3 is 2.78 bits per heavy atom. The highest BCUT2D eigenvalue weighted by Gasteiger charge is 2.22. The molecule has 0 radical (unpaired) electrons. The molecule has 3 heteroatoms. The smallest absolute Gasteiger partial charge is 0.166 e. The lowest BCUT2D eigenvalue weighted by Crippen LogP contribution is -2.12. The van der Waals surface area contributed by atoms with Gasteiger partial charge in [0, 0.05) is 6.42 Å². The van der Waals surface area contributed by atoms with E-state index in [1.165, 1.54) is 11.1 Å². The summed E-state index contributed by atoms with van der Waals surface area (Å²) in [6, 6.07) is 6.29. The van der Waals surface area contributed by atoms with E-state index >= 15 is 0 Å². The van der Waals surface area contributed by atoms with Crippen LogP contribution in [0.15, 0.2) is 24.4 Å². The minimum atomic E-state index is 0.228. The summed E-state index contributed by atoms with van der Waals surface area (Å²) < 4.78 is 1.92. The van der Waals surface area contributed by atoms with E-state index in [4.69, 9.17) is 0 Å². The number of aryl methyl sites for hydroxylation is 2. The van der Waals surface area contributed by atoms with E-state index in [0.717, 1.165) is 29.8 Å². The second-order valence-electron chi connectivity index (χ2n) is 4.96. The molecule has 0 saturated heterocycles. The van der Waals surface area contributed by atoms with E-state index < -0.39 is 0 Å². The van der Waals surface area contributed by atoms with E-state index in [9.17, 15) is 4.79 Å². The fourth-order valence-electron chi connectivity index (χ4n) is 2.48. The van der Waals surface area contributed by atoms with Crippen molar-refractivity contribution in [1.82, 2.24) is 9.78 Å². The molecule has 0 bridgehead atoms. The Kier molecular flexibility index (Phi) is 2.54. The van der Waals surface area contributed by atoms with Crippen molar-refractivity contribution < 1.29 is 4.79 Å². The maximum atomic E-state index is 11.8. The van der Waals surface area contributed by atoms with E-state index in [0.29, 0.717) is 6.42 Å². The molecule has 92 valence electrons. The second kappa shape index (κ2) is 4.09. The Labute approximate surface area is 106 Å². The number of benzene rings is 1. The topological polar surface area (TPSA) is 34.9 Å². The first kappa shape index (κ1) is 11.2. The Hall–Kier alpha value is -1.90. The number of Topliss-reactive ketones (excluding diaryl/α,β-unsaturated/α-hetero) is 1. The molecule has 3 nitrogen and oxygen atoms in total. The predicted octanol–water partition coefficient (Wildman–Crippen LogP) is 3.01. The van der Waals surface area contributed by atoms with Gasteiger partial charge in [-0.15, -0.1) is 0 Å². The molecule has 0 atom stereocenters. The molecule has 2 aromatic rings. The van der Waals surface area contributed by atoms with Crippen molar-refractivity contribution in [2.75, 3.05) is 0 Å². The number of aromatic nitrogens is 2. The van der Waals surface area contributed by atoms with Crippen LogP contribution < -0.4 is 0 Å². The molecular weight excluding hydrogens is 224 g/mol. The number of carbonyl (C=O) groups is 1. The molecule has 0 N–H and O–H groups in total. The van der Waals surface area contributed by atoms with Gasteiger partial charge in [-0.3, -0.25) is 4.79 Å². The van der Waals surface area contributed by atoms with Crippen molar-refractivity contribution in [3.63, 3.8) is 0 Å². The van der Waals surface area contributed by atoms with Gasteiger partial charge in [-0.25, -0.2) is 4.68 Å². The van der Waals surface area contributed by atoms with Gasteiger partial charge in [-0.05, 0) is 49.9 Å². The minimum absolute atomic E-state index is 0.228. The van der Waals surface area contributed by atoms with Crippen molar-refractivity contribution in [2.45, 2.75) is 33.1 Å². The molecule has 1 aromatic heterocycles. The number of rotatable bonds is 1. The monoisotopic (exact) mass is 240 g/mol. The highest BCUT2D eigenvalue weighted by molar-refractivity contribution is 5.98. The molecule has 1 aliphatic carbocycles. The van der Waals surface area contributed by atoms with Crippen molar-refractivity contribution in [3.8, 4) is 5.69 Å². The standard InChI is InChI=1S/C15H16N2O/c1-10-6-7-12(8-11(10)2)17-14-4-3-5-15(18)13(14)9-16-17/h6-9H,3-5H2,1-2H3. The molecule has 1 aliphatic rings. The van der Waals surface area contributed by atoms with Crippen molar-refractivity contribution in [1.29, 1.82) is 0 Å². The average Bonchev–Trinajstić information content (AvgIpc) is 2.78. The van der Waals surface area contributed by atoms with Crippen molar-refractivity contribution >= 4 is 5.78 Å². The largest absolute Gasteiger partial charge is 0.294 e. The van der Waals surface area contributed by atoms with Crippen LogP contribution in [0.1, 0.15) is 40.0 Å². The third-order valence-electron chi connectivity index (χ3n) is 3.72. The maximum absolute atomic E-state index is 11.8. The van der Waals surface area contributed by atoms with Crippen LogP contribution in [0.25, 0.3) is 5.69 Å². The Morgan fingerprint density at radius 1 is 1.17 bits per heavy atom. The van der Waals surface area contributed by atoms with E-state index in [-0.39, 0.29) is 5.78 Å². The van der Waals surface area contributed by atoms with Gasteiger partial charge in [0.2, 0.25) is 0 Å². The zero-order valence-electron chi connectivity index (χ0n) is 10.7. The summed E-state index contributed by atoms with van der Waals surface area (Å²) in [5.74, 6) is 0.228. The van der Waals surface area contributed by atoms with E-state index in [1.807, 2.05) is 4.68 Å². The molecular formula is C15H16N2O. The quantitative estimate of drug-likeness (QED) is 0.768. The van der Waals surface area contributed by atoms with Gasteiger partial charge in [0.05, 0.1) is 23.1 Å². The van der Waals surface area contributed by atoms with Crippen LogP contribution in [0.3, 0.4) is 0 Å². The first-order chi connectivity index (χ1) is 8.66. The normalized spacial score (nSPS) is 14.7. The van der Waals surface area contributed by atoms with Gasteiger partial charge in [-0.2, -0.15) is 5.10 Å². The lowest BCUT2D eigenvalue weighted by molar-refractivity contribution is 0.0972.